The highest BCUT2D eigenvalue weighted by Gasteiger charge is 2.21. The molecule has 0 atom stereocenters. The Morgan fingerprint density at radius 3 is 2.30 bits per heavy atom. The number of carbonyl (C=O) groups is 1. The second kappa shape index (κ2) is 5.39. The molecule has 0 aliphatic carbocycles. The number of rotatable bonds is 2. The number of aryl methyl sites for hydroxylation is 1. The highest BCUT2D eigenvalue weighted by atomic mass is 19.1. The quantitative estimate of drug-likeness (QED) is 0.765. The van der Waals surface area contributed by atoms with E-state index >= 15 is 0 Å². The van der Waals surface area contributed by atoms with Gasteiger partial charge in [0.1, 0.15) is 11.6 Å². The van der Waals surface area contributed by atoms with E-state index in [0.717, 1.165) is 18.2 Å². The molecule has 6 heteroatoms. The minimum absolute atomic E-state index is 0.0294. The van der Waals surface area contributed by atoms with Crippen LogP contribution in [0.3, 0.4) is 0 Å². The number of aromatic carboxylic acids is 1. The maximum atomic E-state index is 14.6. The minimum Gasteiger partial charge on any atom is -0.478 e. The summed E-state index contributed by atoms with van der Waals surface area (Å²) < 4.78 is 42.7. The zero-order valence-electron chi connectivity index (χ0n) is 11.9. The zero-order valence-corrected chi connectivity index (χ0v) is 11.9. The summed E-state index contributed by atoms with van der Waals surface area (Å²) in [6.45, 7) is 1.38. The lowest BCUT2D eigenvalue weighted by Crippen LogP contribution is -2.01. The summed E-state index contributed by atoms with van der Waals surface area (Å²) in [7, 11) is 0. The molecule has 0 amide bonds. The van der Waals surface area contributed by atoms with E-state index in [0.29, 0.717) is 0 Å². The second-order valence-corrected chi connectivity index (χ2v) is 5.02. The summed E-state index contributed by atoms with van der Waals surface area (Å²) in [6, 6.07) is 7.05. The van der Waals surface area contributed by atoms with Crippen LogP contribution in [0, 0.1) is 24.4 Å². The van der Waals surface area contributed by atoms with Crippen LogP contribution in [-0.4, -0.2) is 16.1 Å². The van der Waals surface area contributed by atoms with Gasteiger partial charge in [-0.2, -0.15) is 0 Å². The fraction of sp³-hybridized carbons (Fsp3) is 0.0588. The van der Waals surface area contributed by atoms with E-state index in [1.807, 2.05) is 0 Å². The molecule has 0 unspecified atom stereocenters. The Kier molecular flexibility index (Phi) is 3.52. The van der Waals surface area contributed by atoms with E-state index in [1.165, 1.54) is 25.1 Å². The van der Waals surface area contributed by atoms with Crippen molar-refractivity contribution in [2.24, 2.45) is 0 Å². The van der Waals surface area contributed by atoms with Gasteiger partial charge < -0.3 is 5.11 Å². The van der Waals surface area contributed by atoms with Gasteiger partial charge in [0.25, 0.3) is 0 Å². The maximum absolute atomic E-state index is 14.6. The monoisotopic (exact) mass is 317 g/mol. The number of aromatic nitrogens is 1. The number of benzene rings is 2. The van der Waals surface area contributed by atoms with Crippen molar-refractivity contribution in [3.8, 4) is 11.1 Å². The normalized spacial score (nSPS) is 11.0. The molecule has 1 aromatic heterocycles. The van der Waals surface area contributed by atoms with Crippen LogP contribution in [0.15, 0.2) is 36.4 Å². The van der Waals surface area contributed by atoms with Crippen molar-refractivity contribution in [2.75, 3.05) is 0 Å². The number of nitrogens with zero attached hydrogens (tertiary/aromatic N) is 1. The van der Waals surface area contributed by atoms with Crippen molar-refractivity contribution in [3.63, 3.8) is 0 Å². The predicted molar refractivity (Wildman–Crippen MR) is 78.7 cm³/mol. The third-order valence-corrected chi connectivity index (χ3v) is 3.55. The van der Waals surface area contributed by atoms with Gasteiger partial charge in [0.05, 0.1) is 22.3 Å². The average Bonchev–Trinajstić information content (AvgIpc) is 2.50. The maximum Gasteiger partial charge on any atom is 0.335 e. The fourth-order valence-electron chi connectivity index (χ4n) is 2.48. The molecular weight excluding hydrogens is 307 g/mol. The number of hydrogen-bond acceptors (Lipinski definition) is 2. The van der Waals surface area contributed by atoms with Crippen LogP contribution in [0.25, 0.3) is 22.0 Å². The first-order valence-corrected chi connectivity index (χ1v) is 6.67. The Hall–Kier alpha value is -2.89. The number of fused-ring (bicyclic) bond motifs is 1. The second-order valence-electron chi connectivity index (χ2n) is 5.02. The summed E-state index contributed by atoms with van der Waals surface area (Å²) in [4.78, 5) is 15.1. The van der Waals surface area contributed by atoms with Gasteiger partial charge in [-0.3, -0.25) is 4.98 Å². The van der Waals surface area contributed by atoms with Crippen LogP contribution in [0.2, 0.25) is 0 Å². The van der Waals surface area contributed by atoms with Gasteiger partial charge in [-0.25, -0.2) is 18.0 Å². The van der Waals surface area contributed by atoms with E-state index in [4.69, 9.17) is 5.11 Å². The molecule has 3 rings (SSSR count). The lowest BCUT2D eigenvalue weighted by molar-refractivity contribution is 0.0697. The SMILES string of the molecule is Cc1nc2ccc(C(=O)O)cc2c(-c2c(F)cccc2F)c1F. The van der Waals surface area contributed by atoms with Gasteiger partial charge in [0.2, 0.25) is 0 Å². The van der Waals surface area contributed by atoms with Gasteiger partial charge in [-0.1, -0.05) is 6.07 Å². The zero-order chi connectivity index (χ0) is 16.7. The highest BCUT2D eigenvalue weighted by Crippen LogP contribution is 2.35. The predicted octanol–water partition coefficient (Wildman–Crippen LogP) is 4.33. The molecule has 0 aliphatic heterocycles. The molecule has 0 spiro atoms. The Morgan fingerprint density at radius 1 is 1.04 bits per heavy atom. The summed E-state index contributed by atoms with van der Waals surface area (Å²) in [6.07, 6.45) is 0. The standard InChI is InChI=1S/C17H10F3NO2/c1-8-16(20)14(15-11(18)3-2-4-12(15)19)10-7-9(17(22)23)5-6-13(10)21-8/h2-7H,1H3,(H,22,23). The first-order valence-electron chi connectivity index (χ1n) is 6.67. The molecule has 0 saturated carbocycles. The molecule has 0 aliphatic rings. The van der Waals surface area contributed by atoms with Crippen molar-refractivity contribution in [1.29, 1.82) is 0 Å². The van der Waals surface area contributed by atoms with Crippen LogP contribution in [0.4, 0.5) is 13.2 Å². The molecule has 0 saturated heterocycles. The van der Waals surface area contributed by atoms with Gasteiger partial charge in [0.15, 0.2) is 5.82 Å². The van der Waals surface area contributed by atoms with Crippen LogP contribution >= 0.6 is 0 Å². The largest absolute Gasteiger partial charge is 0.478 e. The minimum atomic E-state index is -1.23. The fourth-order valence-corrected chi connectivity index (χ4v) is 2.48. The number of carboxylic acids is 1. The summed E-state index contributed by atoms with van der Waals surface area (Å²) in [5.74, 6) is -3.98. The van der Waals surface area contributed by atoms with E-state index in [9.17, 15) is 18.0 Å². The van der Waals surface area contributed by atoms with Gasteiger partial charge in [0, 0.05) is 10.9 Å². The van der Waals surface area contributed by atoms with E-state index in [1.54, 1.807) is 0 Å². The molecule has 3 aromatic rings. The van der Waals surface area contributed by atoms with Crippen LogP contribution < -0.4 is 0 Å². The number of hydrogen-bond donors (Lipinski definition) is 1. The molecule has 0 radical (unpaired) electrons. The Morgan fingerprint density at radius 2 is 1.70 bits per heavy atom. The molecule has 0 bridgehead atoms. The van der Waals surface area contributed by atoms with E-state index in [-0.39, 0.29) is 27.7 Å². The van der Waals surface area contributed by atoms with Crippen molar-refractivity contribution in [3.05, 3.63) is 65.1 Å². The third-order valence-electron chi connectivity index (χ3n) is 3.55. The average molecular weight is 317 g/mol. The smallest absolute Gasteiger partial charge is 0.335 e. The van der Waals surface area contributed by atoms with Crippen LogP contribution in [-0.2, 0) is 0 Å². The van der Waals surface area contributed by atoms with E-state index in [2.05, 4.69) is 4.98 Å². The third kappa shape index (κ3) is 2.42. The van der Waals surface area contributed by atoms with Crippen LogP contribution in [0.5, 0.6) is 0 Å². The van der Waals surface area contributed by atoms with Gasteiger partial charge in [-0.15, -0.1) is 0 Å². The van der Waals surface area contributed by atoms with Crippen molar-refractivity contribution in [2.45, 2.75) is 6.92 Å². The molecule has 2 aromatic carbocycles. The highest BCUT2D eigenvalue weighted by molar-refractivity contribution is 6.00. The molecular formula is C17H10F3NO2. The molecule has 23 heavy (non-hydrogen) atoms. The Balaban J connectivity index is 2.49. The van der Waals surface area contributed by atoms with Crippen molar-refractivity contribution >= 4 is 16.9 Å². The molecule has 1 heterocycles. The summed E-state index contributed by atoms with van der Waals surface area (Å²) in [5.41, 5.74) is -0.764. The first kappa shape index (κ1) is 15.0. The molecule has 116 valence electrons. The van der Waals surface area contributed by atoms with E-state index < -0.39 is 29.0 Å². The Labute approximate surface area is 129 Å². The summed E-state index contributed by atoms with van der Waals surface area (Å²) >= 11 is 0. The first-order chi connectivity index (χ1) is 10.9. The van der Waals surface area contributed by atoms with Gasteiger partial charge >= 0.3 is 5.97 Å². The Bertz CT molecular complexity index is 934. The lowest BCUT2D eigenvalue weighted by Gasteiger charge is -2.12. The van der Waals surface area contributed by atoms with Crippen LogP contribution in [0.1, 0.15) is 16.1 Å². The van der Waals surface area contributed by atoms with Gasteiger partial charge in [-0.05, 0) is 37.3 Å². The number of halogens is 3. The summed E-state index contributed by atoms with van der Waals surface area (Å²) in [5, 5.41) is 9.12. The number of pyridine rings is 1. The number of carboxylic acid groups (broad SMARTS) is 1. The molecule has 1 N–H and O–H groups in total. The lowest BCUT2D eigenvalue weighted by atomic mass is 9.97. The topological polar surface area (TPSA) is 50.2 Å². The molecule has 0 fully saturated rings. The van der Waals surface area contributed by atoms with Crippen molar-refractivity contribution in [1.82, 2.24) is 4.98 Å². The molecule has 3 nitrogen and oxygen atoms in total. The van der Waals surface area contributed by atoms with Crippen molar-refractivity contribution < 1.29 is 23.1 Å².